The Kier molecular flexibility index (Phi) is 6.26. The van der Waals surface area contributed by atoms with Crippen molar-refractivity contribution in [3.8, 4) is 0 Å². The quantitative estimate of drug-likeness (QED) is 0.776. The second kappa shape index (κ2) is 7.30. The van der Waals surface area contributed by atoms with Crippen LogP contribution in [0, 0.1) is 5.82 Å². The zero-order valence-electron chi connectivity index (χ0n) is 11.5. The van der Waals surface area contributed by atoms with Crippen molar-refractivity contribution in [1.82, 2.24) is 5.32 Å². The average Bonchev–Trinajstić information content (AvgIpc) is 2.37. The summed E-state index contributed by atoms with van der Waals surface area (Å²) in [6, 6.07) is 1.37. The number of rotatable bonds is 6. The molecule has 1 aromatic carbocycles. The molecule has 0 saturated heterocycles. The summed E-state index contributed by atoms with van der Waals surface area (Å²) in [4.78, 5) is 11.6. The first-order valence-electron chi connectivity index (χ1n) is 6.07. The van der Waals surface area contributed by atoms with Crippen molar-refractivity contribution in [2.24, 2.45) is 5.14 Å². The van der Waals surface area contributed by atoms with Gasteiger partial charge in [-0.25, -0.2) is 17.9 Å². The molecule has 0 bridgehead atoms. The van der Waals surface area contributed by atoms with Gasteiger partial charge in [0, 0.05) is 12.6 Å². The Bertz CT molecular complexity index is 636. The van der Waals surface area contributed by atoms with Crippen LogP contribution >= 0.6 is 15.9 Å². The second-order valence-electron chi connectivity index (χ2n) is 4.34. The molecule has 0 radical (unpaired) electrons. The highest BCUT2D eigenvalue weighted by Crippen LogP contribution is 2.26. The van der Waals surface area contributed by atoms with E-state index in [2.05, 4.69) is 21.2 Å². The van der Waals surface area contributed by atoms with E-state index in [0.29, 0.717) is 6.61 Å². The number of hydrogen-bond donors (Lipinski definition) is 2. The normalized spacial score (nSPS) is 13.0. The van der Waals surface area contributed by atoms with Crippen LogP contribution in [0.2, 0.25) is 0 Å². The van der Waals surface area contributed by atoms with E-state index in [9.17, 15) is 17.6 Å². The number of benzene rings is 1. The van der Waals surface area contributed by atoms with E-state index in [1.807, 2.05) is 6.92 Å². The molecule has 0 aromatic heterocycles. The molecule has 21 heavy (non-hydrogen) atoms. The van der Waals surface area contributed by atoms with Crippen molar-refractivity contribution in [3.63, 3.8) is 0 Å². The van der Waals surface area contributed by atoms with E-state index < -0.39 is 26.6 Å². The van der Waals surface area contributed by atoms with Crippen LogP contribution in [0.25, 0.3) is 0 Å². The molecule has 0 fully saturated rings. The molecule has 0 saturated carbocycles. The minimum atomic E-state index is -4.15. The number of carbonyl (C=O) groups is 1. The monoisotopic (exact) mass is 382 g/mol. The zero-order valence-corrected chi connectivity index (χ0v) is 13.9. The van der Waals surface area contributed by atoms with Crippen LogP contribution in [-0.2, 0) is 14.8 Å². The predicted molar refractivity (Wildman–Crippen MR) is 78.9 cm³/mol. The molecule has 1 atom stereocenters. The molecule has 1 aromatic rings. The summed E-state index contributed by atoms with van der Waals surface area (Å²) in [6.07, 6.45) is 0. The number of primary sulfonamides is 1. The molecule has 118 valence electrons. The lowest BCUT2D eigenvalue weighted by Crippen LogP contribution is -2.36. The van der Waals surface area contributed by atoms with Crippen LogP contribution in [-0.4, -0.2) is 33.6 Å². The van der Waals surface area contributed by atoms with Crippen LogP contribution in [0.4, 0.5) is 4.39 Å². The standard InChI is InChI=1S/C12H16BrFN2O4S/c1-3-20-6-7(2)16-12(17)9-4-8(14)5-10(11(9)13)21(15,18)19/h4-5,7H,3,6H2,1-2H3,(H,16,17)(H2,15,18,19). The molecular weight excluding hydrogens is 367 g/mol. The molecule has 0 aliphatic rings. The molecule has 1 rings (SSSR count). The number of sulfonamides is 1. The summed E-state index contributed by atoms with van der Waals surface area (Å²) < 4.78 is 41.3. The Hall–Kier alpha value is -1.03. The van der Waals surface area contributed by atoms with Gasteiger partial charge in [0.2, 0.25) is 10.0 Å². The summed E-state index contributed by atoms with van der Waals surface area (Å²) in [5.74, 6) is -1.50. The number of hydrogen-bond acceptors (Lipinski definition) is 4. The van der Waals surface area contributed by atoms with Crippen LogP contribution in [0.15, 0.2) is 21.5 Å². The summed E-state index contributed by atoms with van der Waals surface area (Å²) >= 11 is 2.98. The molecule has 6 nitrogen and oxygen atoms in total. The number of carbonyl (C=O) groups excluding carboxylic acids is 1. The second-order valence-corrected chi connectivity index (χ2v) is 6.67. The minimum Gasteiger partial charge on any atom is -0.380 e. The lowest BCUT2D eigenvalue weighted by molar-refractivity contribution is 0.0870. The third kappa shape index (κ3) is 5.03. The number of nitrogens with two attached hydrogens (primary N) is 1. The fourth-order valence-corrected chi connectivity index (χ4v) is 3.30. The Morgan fingerprint density at radius 3 is 2.67 bits per heavy atom. The SMILES string of the molecule is CCOCC(C)NC(=O)c1cc(F)cc(S(N)(=O)=O)c1Br. The van der Waals surface area contributed by atoms with Gasteiger partial charge < -0.3 is 10.1 Å². The highest BCUT2D eigenvalue weighted by molar-refractivity contribution is 9.10. The molecule has 0 aliphatic heterocycles. The van der Waals surface area contributed by atoms with E-state index >= 15 is 0 Å². The number of halogens is 2. The van der Waals surface area contributed by atoms with Gasteiger partial charge in [-0.1, -0.05) is 0 Å². The Labute approximate surface area is 131 Å². The number of nitrogens with one attached hydrogen (secondary N) is 1. The Morgan fingerprint density at radius 2 is 2.14 bits per heavy atom. The topological polar surface area (TPSA) is 98.5 Å². The maximum absolute atomic E-state index is 13.5. The summed E-state index contributed by atoms with van der Waals surface area (Å²) in [5.41, 5.74) is -0.151. The van der Waals surface area contributed by atoms with Gasteiger partial charge in [0.25, 0.3) is 5.91 Å². The third-order valence-electron chi connectivity index (χ3n) is 2.50. The van der Waals surface area contributed by atoms with Crippen molar-refractivity contribution in [1.29, 1.82) is 0 Å². The first kappa shape index (κ1) is 18.0. The van der Waals surface area contributed by atoms with Crippen molar-refractivity contribution in [3.05, 3.63) is 28.0 Å². The van der Waals surface area contributed by atoms with Crippen LogP contribution in [0.3, 0.4) is 0 Å². The third-order valence-corrected chi connectivity index (χ3v) is 4.56. The van der Waals surface area contributed by atoms with Crippen molar-refractivity contribution < 1.29 is 22.3 Å². The average molecular weight is 383 g/mol. The van der Waals surface area contributed by atoms with Crippen molar-refractivity contribution >= 4 is 31.9 Å². The van der Waals surface area contributed by atoms with E-state index in [0.717, 1.165) is 12.1 Å². The van der Waals surface area contributed by atoms with Gasteiger partial charge in [0.15, 0.2) is 0 Å². The maximum atomic E-state index is 13.5. The Balaban J connectivity index is 3.08. The van der Waals surface area contributed by atoms with Crippen LogP contribution < -0.4 is 10.5 Å². The van der Waals surface area contributed by atoms with Crippen molar-refractivity contribution in [2.75, 3.05) is 13.2 Å². The predicted octanol–water partition coefficient (Wildman–Crippen LogP) is 1.39. The minimum absolute atomic E-state index is 0.0764. The zero-order chi connectivity index (χ0) is 16.2. The maximum Gasteiger partial charge on any atom is 0.252 e. The van der Waals surface area contributed by atoms with Crippen LogP contribution in [0.1, 0.15) is 24.2 Å². The first-order valence-corrected chi connectivity index (χ1v) is 8.41. The van der Waals surface area contributed by atoms with Gasteiger partial charge in [-0.05, 0) is 41.9 Å². The van der Waals surface area contributed by atoms with Gasteiger partial charge >= 0.3 is 0 Å². The molecule has 0 aliphatic carbocycles. The summed E-state index contributed by atoms with van der Waals surface area (Å²) in [7, 11) is -4.15. The van der Waals surface area contributed by atoms with Gasteiger partial charge in [0.05, 0.1) is 21.5 Å². The van der Waals surface area contributed by atoms with Crippen molar-refractivity contribution in [2.45, 2.75) is 24.8 Å². The smallest absolute Gasteiger partial charge is 0.252 e. The van der Waals surface area contributed by atoms with E-state index in [1.54, 1.807) is 6.92 Å². The molecule has 1 amide bonds. The number of amides is 1. The fraction of sp³-hybridized carbons (Fsp3) is 0.417. The fourth-order valence-electron chi connectivity index (χ4n) is 1.57. The van der Waals surface area contributed by atoms with E-state index in [1.165, 1.54) is 0 Å². The lowest BCUT2D eigenvalue weighted by Gasteiger charge is -2.15. The van der Waals surface area contributed by atoms with E-state index in [4.69, 9.17) is 9.88 Å². The molecule has 3 N–H and O–H groups in total. The number of ether oxygens (including phenoxy) is 1. The molecule has 0 spiro atoms. The highest BCUT2D eigenvalue weighted by atomic mass is 79.9. The van der Waals surface area contributed by atoms with Gasteiger partial charge in [-0.2, -0.15) is 0 Å². The van der Waals surface area contributed by atoms with E-state index in [-0.39, 0.29) is 22.7 Å². The first-order chi connectivity index (χ1) is 9.66. The molecule has 1 unspecified atom stereocenters. The molecular formula is C12H16BrFN2O4S. The van der Waals surface area contributed by atoms with Gasteiger partial charge in [-0.3, -0.25) is 4.79 Å². The van der Waals surface area contributed by atoms with Gasteiger partial charge in [-0.15, -0.1) is 0 Å². The lowest BCUT2D eigenvalue weighted by atomic mass is 10.2. The van der Waals surface area contributed by atoms with Gasteiger partial charge in [0.1, 0.15) is 5.82 Å². The summed E-state index contributed by atoms with van der Waals surface area (Å²) in [6.45, 7) is 4.31. The molecule has 9 heteroatoms. The Morgan fingerprint density at radius 1 is 1.52 bits per heavy atom. The highest BCUT2D eigenvalue weighted by Gasteiger charge is 2.22. The van der Waals surface area contributed by atoms with Crippen LogP contribution in [0.5, 0.6) is 0 Å². The molecule has 0 heterocycles. The largest absolute Gasteiger partial charge is 0.380 e. The summed E-state index contributed by atoms with van der Waals surface area (Å²) in [5, 5.41) is 7.57.